The number of aliphatic hydroxyl groups excluding tert-OH is 1. The molecule has 0 saturated heterocycles. The number of carbonyl (C=O) groups is 1. The predicted molar refractivity (Wildman–Crippen MR) is 33.6 cm³/mol. The molecule has 1 atom stereocenters. The summed E-state index contributed by atoms with van der Waals surface area (Å²) in [6, 6.07) is 0. The van der Waals surface area contributed by atoms with Crippen LogP contribution in [-0.4, -0.2) is 22.4 Å². The molecule has 4 heteroatoms. The molecule has 3 nitrogen and oxygen atoms in total. The summed E-state index contributed by atoms with van der Waals surface area (Å²) < 4.78 is 0. The molecule has 0 bridgehead atoms. The number of hydrogen-bond acceptors (Lipinski definition) is 2. The predicted octanol–water partition coefficient (Wildman–Crippen LogP) is -0.382. The Balaban J connectivity index is 3.24. The van der Waals surface area contributed by atoms with Gasteiger partial charge in [-0.2, -0.15) is 0 Å². The minimum atomic E-state index is -0.632. The quantitative estimate of drug-likeness (QED) is 0.584. The topological polar surface area (TPSA) is 63.3 Å². The fraction of sp³-hybridized carbons (Fsp3) is 0.750. The van der Waals surface area contributed by atoms with E-state index in [1.54, 1.807) is 0 Å². The number of nitrogens with two attached hydrogens (primary N) is 1. The molecule has 0 aromatic rings. The molecule has 8 heavy (non-hydrogen) atoms. The number of primary amides is 1. The smallest absolute Gasteiger partial charge is 0.220 e. The number of halogens is 1. The highest BCUT2D eigenvalue weighted by Gasteiger charge is 2.03. The van der Waals surface area contributed by atoms with Gasteiger partial charge in [0, 0.05) is 5.33 Å². The van der Waals surface area contributed by atoms with E-state index in [1.807, 2.05) is 0 Å². The van der Waals surface area contributed by atoms with Gasteiger partial charge >= 0.3 is 0 Å². The molecule has 0 spiro atoms. The molecule has 0 saturated carbocycles. The van der Waals surface area contributed by atoms with E-state index in [1.165, 1.54) is 0 Å². The number of amides is 1. The molecule has 0 aliphatic carbocycles. The van der Waals surface area contributed by atoms with E-state index in [2.05, 4.69) is 15.9 Å². The minimum absolute atomic E-state index is 0.0330. The molecule has 0 heterocycles. The van der Waals surface area contributed by atoms with Crippen LogP contribution in [0, 0.1) is 0 Å². The second kappa shape index (κ2) is 3.86. The van der Waals surface area contributed by atoms with Crippen LogP contribution in [-0.2, 0) is 4.79 Å². The largest absolute Gasteiger partial charge is 0.392 e. The van der Waals surface area contributed by atoms with E-state index in [-0.39, 0.29) is 6.42 Å². The van der Waals surface area contributed by atoms with Crippen molar-refractivity contribution < 1.29 is 9.90 Å². The van der Waals surface area contributed by atoms with Crippen LogP contribution in [0.25, 0.3) is 0 Å². The average Bonchev–Trinajstić information content (AvgIpc) is 1.65. The lowest BCUT2D eigenvalue weighted by Crippen LogP contribution is -2.20. The van der Waals surface area contributed by atoms with Gasteiger partial charge in [-0.3, -0.25) is 4.79 Å². The monoisotopic (exact) mass is 181 g/mol. The maximum atomic E-state index is 10.0. The molecule has 0 radical (unpaired) electrons. The molecule has 48 valence electrons. The molecule has 3 N–H and O–H groups in total. The molecule has 0 aliphatic rings. The molecule has 0 aromatic heterocycles. The summed E-state index contributed by atoms with van der Waals surface area (Å²) in [5.41, 5.74) is 4.75. The van der Waals surface area contributed by atoms with Crippen molar-refractivity contribution in [2.75, 3.05) is 5.33 Å². The molecular weight excluding hydrogens is 174 g/mol. The Kier molecular flexibility index (Phi) is 3.81. The molecule has 1 unspecified atom stereocenters. The van der Waals surface area contributed by atoms with E-state index < -0.39 is 12.0 Å². The third kappa shape index (κ3) is 4.08. The molecule has 0 rings (SSSR count). The van der Waals surface area contributed by atoms with Crippen molar-refractivity contribution in [3.8, 4) is 0 Å². The maximum Gasteiger partial charge on any atom is 0.220 e. The first-order chi connectivity index (χ1) is 3.66. The maximum absolute atomic E-state index is 10.0. The van der Waals surface area contributed by atoms with Gasteiger partial charge in [-0.1, -0.05) is 15.9 Å². The van der Waals surface area contributed by atoms with Crippen LogP contribution in [0.1, 0.15) is 6.42 Å². The van der Waals surface area contributed by atoms with Crippen LogP contribution in [0.15, 0.2) is 0 Å². The Labute approximate surface area is 56.0 Å². The van der Waals surface area contributed by atoms with Crippen LogP contribution >= 0.6 is 15.9 Å². The van der Waals surface area contributed by atoms with E-state index in [9.17, 15) is 4.79 Å². The fourth-order valence-corrected chi connectivity index (χ4v) is 0.516. The van der Waals surface area contributed by atoms with Crippen molar-refractivity contribution in [1.82, 2.24) is 0 Å². The van der Waals surface area contributed by atoms with Crippen molar-refractivity contribution in [3.05, 3.63) is 0 Å². The molecule has 0 aliphatic heterocycles. The number of aliphatic hydroxyl groups is 1. The highest BCUT2D eigenvalue weighted by molar-refractivity contribution is 9.09. The molecule has 0 aromatic carbocycles. The van der Waals surface area contributed by atoms with Crippen molar-refractivity contribution in [2.24, 2.45) is 5.73 Å². The van der Waals surface area contributed by atoms with Gasteiger partial charge in [-0.25, -0.2) is 0 Å². The Morgan fingerprint density at radius 3 is 2.50 bits per heavy atom. The normalized spacial score (nSPS) is 13.2. The lowest BCUT2D eigenvalue weighted by atomic mass is 10.3. The van der Waals surface area contributed by atoms with Crippen molar-refractivity contribution in [1.29, 1.82) is 0 Å². The van der Waals surface area contributed by atoms with Gasteiger partial charge in [0.25, 0.3) is 0 Å². The number of alkyl halides is 1. The third-order valence-electron chi connectivity index (χ3n) is 0.615. The number of rotatable bonds is 3. The molecular formula is C4H8BrNO2. The Morgan fingerprint density at radius 2 is 2.38 bits per heavy atom. The van der Waals surface area contributed by atoms with Crippen LogP contribution in [0.5, 0.6) is 0 Å². The zero-order valence-corrected chi connectivity index (χ0v) is 5.89. The first kappa shape index (κ1) is 7.91. The van der Waals surface area contributed by atoms with Crippen LogP contribution < -0.4 is 5.73 Å². The molecule has 1 amide bonds. The summed E-state index contributed by atoms with van der Waals surface area (Å²) in [6.07, 6.45) is -0.599. The van der Waals surface area contributed by atoms with Crippen molar-refractivity contribution in [3.63, 3.8) is 0 Å². The average molecular weight is 182 g/mol. The third-order valence-corrected chi connectivity index (χ3v) is 1.36. The first-order valence-corrected chi connectivity index (χ1v) is 3.31. The zero-order chi connectivity index (χ0) is 6.57. The van der Waals surface area contributed by atoms with Crippen LogP contribution in [0.2, 0.25) is 0 Å². The summed E-state index contributed by atoms with van der Waals surface area (Å²) >= 11 is 2.99. The van der Waals surface area contributed by atoms with Gasteiger partial charge in [0.1, 0.15) is 0 Å². The Morgan fingerprint density at radius 1 is 1.88 bits per heavy atom. The van der Waals surface area contributed by atoms with Crippen LogP contribution in [0.4, 0.5) is 0 Å². The summed E-state index contributed by atoms with van der Waals surface area (Å²) in [5, 5.41) is 9.08. The van der Waals surface area contributed by atoms with Gasteiger partial charge in [-0.15, -0.1) is 0 Å². The summed E-state index contributed by atoms with van der Waals surface area (Å²) in [7, 11) is 0. The van der Waals surface area contributed by atoms with E-state index in [0.29, 0.717) is 5.33 Å². The van der Waals surface area contributed by atoms with E-state index >= 15 is 0 Å². The van der Waals surface area contributed by atoms with Gasteiger partial charge in [0.2, 0.25) is 5.91 Å². The lowest BCUT2D eigenvalue weighted by molar-refractivity contribution is -0.119. The van der Waals surface area contributed by atoms with E-state index in [4.69, 9.17) is 10.8 Å². The van der Waals surface area contributed by atoms with Gasteiger partial charge in [0.05, 0.1) is 12.5 Å². The highest BCUT2D eigenvalue weighted by Crippen LogP contribution is 1.93. The van der Waals surface area contributed by atoms with Gasteiger partial charge in [0.15, 0.2) is 0 Å². The summed E-state index contributed by atoms with van der Waals surface area (Å²) in [5.74, 6) is -0.475. The minimum Gasteiger partial charge on any atom is -0.392 e. The van der Waals surface area contributed by atoms with Gasteiger partial charge < -0.3 is 10.8 Å². The highest BCUT2D eigenvalue weighted by atomic mass is 79.9. The molecule has 0 fully saturated rings. The second-order valence-electron chi connectivity index (χ2n) is 1.48. The summed E-state index contributed by atoms with van der Waals surface area (Å²) in [4.78, 5) is 10.0. The Bertz CT molecular complexity index is 86.1. The van der Waals surface area contributed by atoms with E-state index in [0.717, 1.165) is 0 Å². The van der Waals surface area contributed by atoms with Gasteiger partial charge in [-0.05, 0) is 0 Å². The second-order valence-corrected chi connectivity index (χ2v) is 2.13. The van der Waals surface area contributed by atoms with Crippen LogP contribution in [0.3, 0.4) is 0 Å². The van der Waals surface area contributed by atoms with Crippen molar-refractivity contribution >= 4 is 21.8 Å². The standard InChI is InChI=1S/C4H8BrNO2/c5-2-3(7)1-4(6)8/h3,7H,1-2H2,(H2,6,8). The number of carbonyl (C=O) groups excluding carboxylic acids is 1. The zero-order valence-electron chi connectivity index (χ0n) is 4.30. The summed E-state index contributed by atoms with van der Waals surface area (Å²) in [6.45, 7) is 0. The first-order valence-electron chi connectivity index (χ1n) is 2.19. The SMILES string of the molecule is NC(=O)CC(O)CBr. The Hall–Kier alpha value is -0.0900. The fourth-order valence-electron chi connectivity index (χ4n) is 0.287. The number of hydrogen-bond donors (Lipinski definition) is 2. The van der Waals surface area contributed by atoms with Crippen molar-refractivity contribution in [2.45, 2.75) is 12.5 Å². The lowest BCUT2D eigenvalue weighted by Gasteiger charge is -1.99.